The van der Waals surface area contributed by atoms with Crippen molar-refractivity contribution in [1.82, 2.24) is 19.5 Å². The van der Waals surface area contributed by atoms with Crippen LogP contribution in [0.2, 0.25) is 5.02 Å². The summed E-state index contributed by atoms with van der Waals surface area (Å²) in [6.07, 6.45) is 2.24. The van der Waals surface area contributed by atoms with Gasteiger partial charge in [0, 0.05) is 11.6 Å². The van der Waals surface area contributed by atoms with Gasteiger partial charge in [-0.3, -0.25) is 0 Å². The van der Waals surface area contributed by atoms with Crippen molar-refractivity contribution in [3.63, 3.8) is 0 Å². The summed E-state index contributed by atoms with van der Waals surface area (Å²) in [6, 6.07) is 13.5. The first-order valence-electron chi connectivity index (χ1n) is 9.20. The fourth-order valence-corrected chi connectivity index (χ4v) is 4.24. The number of methoxy groups -OCH3 is 2. The molecule has 7 nitrogen and oxygen atoms in total. The second kappa shape index (κ2) is 8.81. The Balaban J connectivity index is 1.73. The van der Waals surface area contributed by atoms with Crippen LogP contribution in [0.4, 0.5) is 5.82 Å². The van der Waals surface area contributed by atoms with Gasteiger partial charge in [-0.05, 0) is 54.1 Å². The van der Waals surface area contributed by atoms with E-state index in [9.17, 15) is 0 Å². The lowest BCUT2D eigenvalue weighted by Crippen LogP contribution is -2.04. The average molecular weight is 442 g/mol. The highest BCUT2D eigenvalue weighted by Gasteiger charge is 2.18. The zero-order valence-electron chi connectivity index (χ0n) is 16.5. The standard InChI is InChI=1S/C21H20ClN5O2S/c1-28-15-7-8-16(29-2)17(11-15)30-21-26-18-19(23)24-12-25-20(18)27(21)10-9-13-3-5-14(22)6-4-13/h3-8,11-12H,9-10H2,1-2H3,(H2,23,24,25). The zero-order chi connectivity index (χ0) is 21.1. The Morgan fingerprint density at radius 1 is 1.07 bits per heavy atom. The summed E-state index contributed by atoms with van der Waals surface area (Å²) in [7, 11) is 3.27. The Kier molecular flexibility index (Phi) is 5.96. The lowest BCUT2D eigenvalue weighted by atomic mass is 10.1. The van der Waals surface area contributed by atoms with Gasteiger partial charge in [0.15, 0.2) is 22.1 Å². The van der Waals surface area contributed by atoms with E-state index in [1.807, 2.05) is 47.0 Å². The minimum absolute atomic E-state index is 0.352. The molecule has 2 heterocycles. The van der Waals surface area contributed by atoms with E-state index in [1.165, 1.54) is 18.1 Å². The number of hydrogen-bond acceptors (Lipinski definition) is 7. The van der Waals surface area contributed by atoms with Gasteiger partial charge in [0.1, 0.15) is 17.8 Å². The first kappa shape index (κ1) is 20.3. The lowest BCUT2D eigenvalue weighted by Gasteiger charge is -2.12. The highest BCUT2D eigenvalue weighted by Crippen LogP contribution is 2.38. The number of fused-ring (bicyclic) bond motifs is 1. The molecule has 9 heteroatoms. The minimum Gasteiger partial charge on any atom is -0.497 e. The van der Waals surface area contributed by atoms with Crippen molar-refractivity contribution in [3.8, 4) is 11.5 Å². The average Bonchev–Trinajstić information content (AvgIpc) is 3.11. The molecule has 4 aromatic rings. The molecule has 2 N–H and O–H groups in total. The topological polar surface area (TPSA) is 88.1 Å². The molecular formula is C21H20ClN5O2S. The number of benzene rings is 2. The predicted molar refractivity (Wildman–Crippen MR) is 119 cm³/mol. The van der Waals surface area contributed by atoms with Crippen LogP contribution in [0.1, 0.15) is 5.56 Å². The predicted octanol–water partition coefficient (Wildman–Crippen LogP) is 4.47. The van der Waals surface area contributed by atoms with Crippen LogP contribution in [-0.4, -0.2) is 33.7 Å². The summed E-state index contributed by atoms with van der Waals surface area (Å²) in [5, 5.41) is 1.46. The number of halogens is 1. The van der Waals surface area contributed by atoms with Gasteiger partial charge in [-0.25, -0.2) is 15.0 Å². The van der Waals surface area contributed by atoms with E-state index in [2.05, 4.69) is 9.97 Å². The largest absolute Gasteiger partial charge is 0.497 e. The number of rotatable bonds is 7. The van der Waals surface area contributed by atoms with Crippen molar-refractivity contribution in [1.29, 1.82) is 0 Å². The Morgan fingerprint density at radius 2 is 1.87 bits per heavy atom. The number of nitrogen functional groups attached to an aromatic ring is 1. The molecule has 2 aromatic heterocycles. The van der Waals surface area contributed by atoms with Crippen molar-refractivity contribution in [2.45, 2.75) is 23.0 Å². The van der Waals surface area contributed by atoms with Gasteiger partial charge < -0.3 is 19.8 Å². The summed E-state index contributed by atoms with van der Waals surface area (Å²) in [4.78, 5) is 14.1. The first-order chi connectivity index (χ1) is 14.6. The number of nitrogens with zero attached hydrogens (tertiary/aromatic N) is 4. The Labute approximate surface area is 183 Å². The number of aromatic nitrogens is 4. The maximum atomic E-state index is 6.06. The molecule has 0 atom stereocenters. The molecule has 154 valence electrons. The van der Waals surface area contributed by atoms with Crippen molar-refractivity contribution >= 4 is 40.3 Å². The van der Waals surface area contributed by atoms with Crippen LogP contribution in [0.5, 0.6) is 11.5 Å². The summed E-state index contributed by atoms with van der Waals surface area (Å²) in [5.74, 6) is 1.82. The van der Waals surface area contributed by atoms with Crippen LogP contribution in [-0.2, 0) is 13.0 Å². The molecular weight excluding hydrogens is 422 g/mol. The summed E-state index contributed by atoms with van der Waals surface area (Å²) in [6.45, 7) is 0.670. The molecule has 0 bridgehead atoms. The Hall–Kier alpha value is -2.97. The maximum Gasteiger partial charge on any atom is 0.175 e. The van der Waals surface area contributed by atoms with E-state index in [-0.39, 0.29) is 0 Å². The summed E-state index contributed by atoms with van der Waals surface area (Å²) in [5.41, 5.74) is 8.50. The van der Waals surface area contributed by atoms with Gasteiger partial charge in [0.2, 0.25) is 0 Å². The van der Waals surface area contributed by atoms with Crippen LogP contribution < -0.4 is 15.2 Å². The maximum absolute atomic E-state index is 6.06. The van der Waals surface area contributed by atoms with Crippen LogP contribution in [0.3, 0.4) is 0 Å². The van der Waals surface area contributed by atoms with Crippen LogP contribution in [0, 0.1) is 0 Å². The van der Waals surface area contributed by atoms with E-state index in [4.69, 9.17) is 31.8 Å². The summed E-state index contributed by atoms with van der Waals surface area (Å²) < 4.78 is 12.9. The highest BCUT2D eigenvalue weighted by atomic mass is 35.5. The van der Waals surface area contributed by atoms with Crippen molar-refractivity contribution < 1.29 is 9.47 Å². The zero-order valence-corrected chi connectivity index (χ0v) is 18.1. The van der Waals surface area contributed by atoms with Gasteiger partial charge in [0.05, 0.1) is 19.1 Å². The van der Waals surface area contributed by atoms with Crippen molar-refractivity contribution in [3.05, 3.63) is 59.4 Å². The van der Waals surface area contributed by atoms with E-state index < -0.39 is 0 Å². The second-order valence-electron chi connectivity index (χ2n) is 6.47. The number of imidazole rings is 1. The van der Waals surface area contributed by atoms with E-state index in [1.54, 1.807) is 14.2 Å². The number of nitrogens with two attached hydrogens (primary N) is 1. The van der Waals surface area contributed by atoms with Crippen molar-refractivity contribution in [2.24, 2.45) is 0 Å². The second-order valence-corrected chi connectivity index (χ2v) is 7.92. The van der Waals surface area contributed by atoms with E-state index >= 15 is 0 Å². The Bertz CT molecular complexity index is 1180. The smallest absolute Gasteiger partial charge is 0.175 e. The fourth-order valence-electron chi connectivity index (χ4n) is 3.07. The third-order valence-corrected chi connectivity index (χ3v) is 5.92. The molecule has 0 spiro atoms. The van der Waals surface area contributed by atoms with Gasteiger partial charge >= 0.3 is 0 Å². The molecule has 0 fully saturated rings. The highest BCUT2D eigenvalue weighted by molar-refractivity contribution is 7.99. The number of aryl methyl sites for hydroxylation is 2. The van der Waals surface area contributed by atoms with Gasteiger partial charge in [-0.2, -0.15) is 0 Å². The molecule has 0 radical (unpaired) electrons. The molecule has 0 amide bonds. The van der Waals surface area contributed by atoms with E-state index in [0.717, 1.165) is 33.5 Å². The molecule has 0 saturated carbocycles. The Morgan fingerprint density at radius 3 is 2.60 bits per heavy atom. The molecule has 2 aromatic carbocycles. The number of ether oxygens (including phenoxy) is 2. The molecule has 0 unspecified atom stereocenters. The van der Waals surface area contributed by atoms with E-state index in [0.29, 0.717) is 28.5 Å². The first-order valence-corrected chi connectivity index (χ1v) is 10.4. The molecule has 0 aliphatic heterocycles. The third-order valence-electron chi connectivity index (χ3n) is 4.63. The fraction of sp³-hybridized carbons (Fsp3) is 0.190. The SMILES string of the molecule is COc1ccc(OC)c(Sc2nc3c(N)ncnc3n2CCc2ccc(Cl)cc2)c1. The van der Waals surface area contributed by atoms with Gasteiger partial charge in [-0.15, -0.1) is 0 Å². The van der Waals surface area contributed by atoms with Crippen molar-refractivity contribution in [2.75, 3.05) is 20.0 Å². The molecule has 0 aliphatic rings. The van der Waals surface area contributed by atoms with Crippen LogP contribution in [0.25, 0.3) is 11.2 Å². The molecule has 30 heavy (non-hydrogen) atoms. The van der Waals surface area contributed by atoms with Crippen LogP contribution >= 0.6 is 23.4 Å². The lowest BCUT2D eigenvalue weighted by molar-refractivity contribution is 0.394. The van der Waals surface area contributed by atoms with Gasteiger partial charge in [-0.1, -0.05) is 23.7 Å². The quantitative estimate of drug-likeness (QED) is 0.452. The monoisotopic (exact) mass is 441 g/mol. The van der Waals surface area contributed by atoms with Crippen LogP contribution in [0.15, 0.2) is 58.8 Å². The third kappa shape index (κ3) is 4.15. The number of hydrogen-bond donors (Lipinski definition) is 1. The van der Waals surface area contributed by atoms with Gasteiger partial charge in [0.25, 0.3) is 0 Å². The molecule has 4 rings (SSSR count). The normalized spacial score (nSPS) is 11.0. The minimum atomic E-state index is 0.352. The molecule has 0 saturated heterocycles. The summed E-state index contributed by atoms with van der Waals surface area (Å²) >= 11 is 7.47. The number of anilines is 1. The molecule has 0 aliphatic carbocycles.